The number of piperazine rings is 1. The maximum Gasteiger partial charge on any atom is 0.194 e. The van der Waals surface area contributed by atoms with Crippen LogP contribution in [-0.4, -0.2) is 48.6 Å². The van der Waals surface area contributed by atoms with Gasteiger partial charge in [-0.25, -0.2) is 14.4 Å². The molecule has 1 aromatic carbocycles. The number of nitrogens with zero attached hydrogens (tertiary/aromatic N) is 4. The molecule has 1 aliphatic rings. The van der Waals surface area contributed by atoms with Crippen molar-refractivity contribution in [1.82, 2.24) is 15.2 Å². The molecule has 7 heteroatoms. The van der Waals surface area contributed by atoms with Crippen molar-refractivity contribution >= 4 is 23.0 Å². The first kappa shape index (κ1) is 17.7. The van der Waals surface area contributed by atoms with Crippen LogP contribution < -0.4 is 10.2 Å². The molecule has 5 nitrogen and oxygen atoms in total. The Bertz CT molecular complexity index is 705. The topological polar surface area (TPSA) is 43.8 Å². The van der Waals surface area contributed by atoms with Crippen LogP contribution in [0.2, 0.25) is 0 Å². The number of halogens is 1. The predicted molar refractivity (Wildman–Crippen MR) is 102 cm³/mol. The van der Waals surface area contributed by atoms with E-state index in [1.807, 2.05) is 25.3 Å². The largest absolute Gasteiger partial charge is 0.368 e. The predicted octanol–water partition coefficient (Wildman–Crippen LogP) is 2.88. The molecular formula is C18H24FN5S. The molecule has 0 aliphatic carbocycles. The van der Waals surface area contributed by atoms with E-state index >= 15 is 0 Å². The van der Waals surface area contributed by atoms with E-state index < -0.39 is 0 Å². The molecule has 2 heterocycles. The van der Waals surface area contributed by atoms with Crippen molar-refractivity contribution in [3.05, 3.63) is 46.2 Å². The van der Waals surface area contributed by atoms with Crippen molar-refractivity contribution in [2.24, 2.45) is 4.99 Å². The summed E-state index contributed by atoms with van der Waals surface area (Å²) in [5, 5.41) is 4.46. The molecule has 0 unspecified atom stereocenters. The van der Waals surface area contributed by atoms with E-state index in [1.165, 1.54) is 17.0 Å². The number of hydrogen-bond donors (Lipinski definition) is 1. The van der Waals surface area contributed by atoms with Gasteiger partial charge in [0.2, 0.25) is 0 Å². The molecule has 1 fully saturated rings. The first-order valence-corrected chi connectivity index (χ1v) is 9.42. The standard InChI is InChI=1S/C18H24FN5S/c1-3-20-18(22-13-17-12-21-14(2)25-17)24-10-8-23(9-11-24)16-6-4-15(19)5-7-16/h4-7,12H,3,8-11,13H2,1-2H3,(H,20,22). The zero-order valence-corrected chi connectivity index (χ0v) is 15.5. The van der Waals surface area contributed by atoms with Crippen LogP contribution in [0.1, 0.15) is 16.8 Å². The summed E-state index contributed by atoms with van der Waals surface area (Å²) < 4.78 is 13.1. The summed E-state index contributed by atoms with van der Waals surface area (Å²) in [4.78, 5) is 14.8. The van der Waals surface area contributed by atoms with Gasteiger partial charge >= 0.3 is 0 Å². The Morgan fingerprint density at radius 2 is 1.96 bits per heavy atom. The molecule has 134 valence electrons. The summed E-state index contributed by atoms with van der Waals surface area (Å²) in [7, 11) is 0. The number of nitrogens with one attached hydrogen (secondary N) is 1. The van der Waals surface area contributed by atoms with Gasteiger partial charge in [0.1, 0.15) is 5.82 Å². The number of aryl methyl sites for hydroxylation is 1. The number of guanidine groups is 1. The van der Waals surface area contributed by atoms with Crippen LogP contribution >= 0.6 is 11.3 Å². The third-order valence-corrected chi connectivity index (χ3v) is 5.06. The minimum atomic E-state index is -0.192. The lowest BCUT2D eigenvalue weighted by molar-refractivity contribution is 0.372. The lowest BCUT2D eigenvalue weighted by atomic mass is 10.2. The van der Waals surface area contributed by atoms with Gasteiger partial charge in [-0.3, -0.25) is 0 Å². The molecule has 2 aromatic rings. The Balaban J connectivity index is 1.60. The second-order valence-corrected chi connectivity index (χ2v) is 7.29. The van der Waals surface area contributed by atoms with Gasteiger partial charge in [-0.05, 0) is 38.1 Å². The molecule has 25 heavy (non-hydrogen) atoms. The fourth-order valence-electron chi connectivity index (χ4n) is 2.89. The van der Waals surface area contributed by atoms with Gasteiger partial charge in [0.25, 0.3) is 0 Å². The molecule has 0 bridgehead atoms. The molecule has 0 atom stereocenters. The van der Waals surface area contributed by atoms with E-state index in [0.717, 1.165) is 49.4 Å². The van der Waals surface area contributed by atoms with Crippen LogP contribution in [0.25, 0.3) is 0 Å². The minimum Gasteiger partial charge on any atom is -0.368 e. The number of hydrogen-bond acceptors (Lipinski definition) is 4. The summed E-state index contributed by atoms with van der Waals surface area (Å²) in [6.45, 7) is 9.19. The average Bonchev–Trinajstić information content (AvgIpc) is 3.05. The zero-order chi connectivity index (χ0) is 17.6. The van der Waals surface area contributed by atoms with Gasteiger partial charge in [-0.1, -0.05) is 0 Å². The molecule has 3 rings (SSSR count). The van der Waals surface area contributed by atoms with Crippen LogP contribution in [0.3, 0.4) is 0 Å². The maximum atomic E-state index is 13.1. The Kier molecular flexibility index (Phi) is 5.86. The van der Waals surface area contributed by atoms with Crippen LogP contribution in [0.5, 0.6) is 0 Å². The van der Waals surface area contributed by atoms with E-state index in [-0.39, 0.29) is 5.82 Å². The van der Waals surface area contributed by atoms with Crippen molar-refractivity contribution in [3.8, 4) is 0 Å². The Hall–Kier alpha value is -2.15. The Labute approximate surface area is 152 Å². The molecule has 1 N–H and O–H groups in total. The molecular weight excluding hydrogens is 337 g/mol. The Morgan fingerprint density at radius 1 is 1.24 bits per heavy atom. The van der Waals surface area contributed by atoms with E-state index in [0.29, 0.717) is 6.54 Å². The van der Waals surface area contributed by atoms with Crippen LogP contribution in [0.15, 0.2) is 35.5 Å². The van der Waals surface area contributed by atoms with Crippen LogP contribution in [-0.2, 0) is 6.54 Å². The molecule has 1 aliphatic heterocycles. The highest BCUT2D eigenvalue weighted by Gasteiger charge is 2.19. The molecule has 0 saturated carbocycles. The number of thiazole rings is 1. The van der Waals surface area contributed by atoms with Gasteiger partial charge in [0.15, 0.2) is 5.96 Å². The van der Waals surface area contributed by atoms with Crippen molar-refractivity contribution in [2.75, 3.05) is 37.6 Å². The third kappa shape index (κ3) is 4.69. The number of aromatic nitrogens is 1. The van der Waals surface area contributed by atoms with Crippen molar-refractivity contribution in [2.45, 2.75) is 20.4 Å². The minimum absolute atomic E-state index is 0.192. The van der Waals surface area contributed by atoms with Gasteiger partial charge in [-0.15, -0.1) is 11.3 Å². The van der Waals surface area contributed by atoms with Crippen molar-refractivity contribution < 1.29 is 4.39 Å². The number of rotatable bonds is 4. The van der Waals surface area contributed by atoms with Crippen LogP contribution in [0, 0.1) is 12.7 Å². The van der Waals surface area contributed by atoms with E-state index in [4.69, 9.17) is 4.99 Å². The average molecular weight is 361 g/mol. The van der Waals surface area contributed by atoms with Gasteiger partial charge < -0.3 is 15.1 Å². The van der Waals surface area contributed by atoms with Crippen molar-refractivity contribution in [3.63, 3.8) is 0 Å². The quantitative estimate of drug-likeness (QED) is 0.672. The van der Waals surface area contributed by atoms with Gasteiger partial charge in [-0.2, -0.15) is 0 Å². The fraction of sp³-hybridized carbons (Fsp3) is 0.444. The highest BCUT2D eigenvalue weighted by molar-refractivity contribution is 7.11. The monoisotopic (exact) mass is 361 g/mol. The molecule has 1 aromatic heterocycles. The van der Waals surface area contributed by atoms with E-state index in [2.05, 4.69) is 27.0 Å². The summed E-state index contributed by atoms with van der Waals surface area (Å²) in [6.07, 6.45) is 1.90. The summed E-state index contributed by atoms with van der Waals surface area (Å²) >= 11 is 1.69. The first-order chi connectivity index (χ1) is 12.2. The third-order valence-electron chi connectivity index (χ3n) is 4.16. The number of anilines is 1. The number of aliphatic imine (C=N–C) groups is 1. The fourth-order valence-corrected chi connectivity index (χ4v) is 3.60. The molecule has 0 amide bonds. The lowest BCUT2D eigenvalue weighted by Crippen LogP contribution is -2.52. The SMILES string of the molecule is CCNC(=NCc1cnc(C)s1)N1CCN(c2ccc(F)cc2)CC1. The maximum absolute atomic E-state index is 13.1. The highest BCUT2D eigenvalue weighted by atomic mass is 32.1. The van der Waals surface area contributed by atoms with Gasteiger partial charge in [0.05, 0.1) is 11.6 Å². The first-order valence-electron chi connectivity index (χ1n) is 8.61. The zero-order valence-electron chi connectivity index (χ0n) is 14.7. The number of benzene rings is 1. The van der Waals surface area contributed by atoms with E-state index in [9.17, 15) is 4.39 Å². The summed E-state index contributed by atoms with van der Waals surface area (Å²) in [5.41, 5.74) is 1.07. The highest BCUT2D eigenvalue weighted by Crippen LogP contribution is 2.17. The summed E-state index contributed by atoms with van der Waals surface area (Å²) in [5.74, 6) is 0.759. The second-order valence-electron chi connectivity index (χ2n) is 5.97. The Morgan fingerprint density at radius 3 is 2.56 bits per heavy atom. The summed E-state index contributed by atoms with van der Waals surface area (Å²) in [6, 6.07) is 6.72. The molecule has 0 spiro atoms. The van der Waals surface area contributed by atoms with Crippen LogP contribution in [0.4, 0.5) is 10.1 Å². The normalized spacial score (nSPS) is 15.6. The van der Waals surface area contributed by atoms with E-state index in [1.54, 1.807) is 11.3 Å². The molecule has 1 saturated heterocycles. The lowest BCUT2D eigenvalue weighted by Gasteiger charge is -2.37. The second kappa shape index (κ2) is 8.29. The van der Waals surface area contributed by atoms with Crippen molar-refractivity contribution in [1.29, 1.82) is 0 Å². The molecule has 0 radical (unpaired) electrons. The smallest absolute Gasteiger partial charge is 0.194 e. The van der Waals surface area contributed by atoms with Gasteiger partial charge in [0, 0.05) is 49.5 Å².